The van der Waals surface area contributed by atoms with Crippen LogP contribution in [-0.2, 0) is 40.0 Å². The third-order valence-corrected chi connectivity index (χ3v) is 4.80. The number of imidazole rings is 1. The van der Waals surface area contributed by atoms with Gasteiger partial charge in [-0.25, -0.2) is 9.78 Å². The van der Waals surface area contributed by atoms with E-state index >= 15 is 0 Å². The molecule has 1 aromatic rings. The van der Waals surface area contributed by atoms with Crippen LogP contribution in [0.2, 0.25) is 0 Å². The largest absolute Gasteiger partial charge is 0.481 e. The minimum atomic E-state index is -1.47. The quantitative estimate of drug-likeness (QED) is 0.0935. The summed E-state index contributed by atoms with van der Waals surface area (Å²) in [5.74, 6) is -6.49. The fraction of sp³-hybridized carbons (Fsp3) is 0.500. The number of hydrogen-bond donors (Lipinski definition) is 9. The zero-order valence-corrected chi connectivity index (χ0v) is 19.7. The van der Waals surface area contributed by atoms with Crippen molar-refractivity contribution in [3.63, 3.8) is 0 Å². The lowest BCUT2D eigenvalue weighted by Crippen LogP contribution is -2.53. The van der Waals surface area contributed by atoms with Gasteiger partial charge in [0, 0.05) is 31.2 Å². The molecule has 1 aromatic heterocycles. The number of carbonyl (C=O) groups is 7. The topological polar surface area (TPSA) is 289 Å². The normalized spacial score (nSPS) is 12.9. The SMILES string of the molecule is NC(=O)CCC(N)C(=O)NCC(=O)NC(Cc1cnc[nH]1)C(=O)NCC(=O)NC(CCC(=O)O)C(=O)O. The number of aliphatic carboxylic acids is 2. The Morgan fingerprint density at radius 2 is 1.49 bits per heavy atom. The molecule has 37 heavy (non-hydrogen) atoms. The molecule has 0 spiro atoms. The molecule has 1 heterocycles. The molecule has 0 aromatic carbocycles. The highest BCUT2D eigenvalue weighted by Crippen LogP contribution is 2.00. The van der Waals surface area contributed by atoms with Crippen LogP contribution in [-0.4, -0.2) is 92.9 Å². The molecule has 3 unspecified atom stereocenters. The summed E-state index contributed by atoms with van der Waals surface area (Å²) in [4.78, 5) is 88.2. The molecule has 0 bridgehead atoms. The number of nitrogens with two attached hydrogens (primary N) is 2. The number of hydrogen-bond acceptors (Lipinski definition) is 9. The molecule has 0 saturated heterocycles. The second-order valence-electron chi connectivity index (χ2n) is 7.84. The predicted molar refractivity (Wildman–Crippen MR) is 123 cm³/mol. The van der Waals surface area contributed by atoms with Crippen molar-refractivity contribution in [1.29, 1.82) is 0 Å². The standard InChI is InChI=1S/C20H30N8O9/c21-11(1-3-14(22)29)18(34)24-7-16(31)28-13(5-10-6-23-9-26-10)19(35)25-8-15(30)27-12(20(36)37)2-4-17(32)33/h6,9,11-13H,1-5,7-8,21H2,(H2,22,29)(H,23,26)(H,24,34)(H,25,35)(H,27,30)(H,28,31)(H,32,33)(H,36,37). The summed E-state index contributed by atoms with van der Waals surface area (Å²) in [6.45, 7) is -1.20. The second kappa shape index (κ2) is 15.5. The number of amides is 5. The van der Waals surface area contributed by atoms with Crippen molar-refractivity contribution in [1.82, 2.24) is 31.2 Å². The highest BCUT2D eigenvalue weighted by atomic mass is 16.4. The van der Waals surface area contributed by atoms with Gasteiger partial charge in [0.05, 0.1) is 25.5 Å². The summed E-state index contributed by atoms with van der Waals surface area (Å²) < 4.78 is 0. The Morgan fingerprint density at radius 3 is 2.00 bits per heavy atom. The summed E-state index contributed by atoms with van der Waals surface area (Å²) >= 11 is 0. The molecule has 1 rings (SSSR count). The first kappa shape index (κ1) is 30.5. The van der Waals surface area contributed by atoms with E-state index in [0.29, 0.717) is 5.69 Å². The number of H-pyrrole nitrogens is 1. The van der Waals surface area contributed by atoms with E-state index in [1.54, 1.807) is 0 Å². The average Bonchev–Trinajstić information content (AvgIpc) is 3.34. The highest BCUT2D eigenvalue weighted by molar-refractivity contribution is 5.93. The first-order valence-electron chi connectivity index (χ1n) is 11.0. The Hall–Kier alpha value is -4.54. The molecule has 17 nitrogen and oxygen atoms in total. The maximum Gasteiger partial charge on any atom is 0.326 e. The van der Waals surface area contributed by atoms with Gasteiger partial charge in [0.25, 0.3) is 0 Å². The molecule has 3 atom stereocenters. The molecule has 0 radical (unpaired) electrons. The molecule has 0 fully saturated rings. The van der Waals surface area contributed by atoms with Gasteiger partial charge in [-0.2, -0.15) is 0 Å². The Labute approximate surface area is 210 Å². The maximum atomic E-state index is 12.7. The van der Waals surface area contributed by atoms with Crippen molar-refractivity contribution in [3.05, 3.63) is 18.2 Å². The number of nitrogens with zero attached hydrogens (tertiary/aromatic N) is 1. The minimum Gasteiger partial charge on any atom is -0.481 e. The fourth-order valence-electron chi connectivity index (χ4n) is 2.86. The van der Waals surface area contributed by atoms with Gasteiger partial charge in [-0.05, 0) is 12.8 Å². The molecular formula is C20H30N8O9. The first-order valence-corrected chi connectivity index (χ1v) is 11.0. The van der Waals surface area contributed by atoms with Crippen molar-refractivity contribution >= 4 is 41.5 Å². The van der Waals surface area contributed by atoms with Crippen LogP contribution in [0.15, 0.2) is 12.5 Å². The summed E-state index contributed by atoms with van der Waals surface area (Å²) in [5.41, 5.74) is 11.1. The maximum absolute atomic E-state index is 12.7. The minimum absolute atomic E-state index is 0.0191. The zero-order valence-electron chi connectivity index (χ0n) is 19.7. The monoisotopic (exact) mass is 526 g/mol. The molecule has 204 valence electrons. The van der Waals surface area contributed by atoms with Gasteiger partial charge >= 0.3 is 11.9 Å². The van der Waals surface area contributed by atoms with Gasteiger partial charge in [-0.3, -0.25) is 28.8 Å². The van der Waals surface area contributed by atoms with Crippen LogP contribution in [0.25, 0.3) is 0 Å². The number of nitrogens with one attached hydrogen (secondary N) is 5. The molecular weight excluding hydrogens is 496 g/mol. The van der Waals surface area contributed by atoms with Crippen LogP contribution in [0.5, 0.6) is 0 Å². The predicted octanol–water partition coefficient (Wildman–Crippen LogP) is -4.30. The Bertz CT molecular complexity index is 982. The van der Waals surface area contributed by atoms with Crippen LogP contribution in [0, 0.1) is 0 Å². The zero-order chi connectivity index (χ0) is 28.0. The smallest absolute Gasteiger partial charge is 0.326 e. The van der Waals surface area contributed by atoms with E-state index in [1.807, 2.05) is 0 Å². The number of carbonyl (C=O) groups excluding carboxylic acids is 5. The molecule has 0 aliphatic heterocycles. The molecule has 0 saturated carbocycles. The average molecular weight is 527 g/mol. The fourth-order valence-corrected chi connectivity index (χ4v) is 2.86. The summed E-state index contributed by atoms with van der Waals surface area (Å²) in [7, 11) is 0. The number of carboxylic acids is 2. The number of primary amides is 1. The van der Waals surface area contributed by atoms with Crippen molar-refractivity contribution in [3.8, 4) is 0 Å². The number of aromatic nitrogens is 2. The highest BCUT2D eigenvalue weighted by Gasteiger charge is 2.25. The van der Waals surface area contributed by atoms with E-state index in [0.717, 1.165) is 0 Å². The first-order chi connectivity index (χ1) is 17.4. The van der Waals surface area contributed by atoms with Gasteiger partial charge in [-0.15, -0.1) is 0 Å². The van der Waals surface area contributed by atoms with Gasteiger partial charge < -0.3 is 47.9 Å². The van der Waals surface area contributed by atoms with Crippen molar-refractivity contribution in [2.24, 2.45) is 11.5 Å². The van der Waals surface area contributed by atoms with Gasteiger partial charge in [0.15, 0.2) is 0 Å². The van der Waals surface area contributed by atoms with Crippen LogP contribution >= 0.6 is 0 Å². The number of carboxylic acid groups (broad SMARTS) is 2. The van der Waals surface area contributed by atoms with Crippen LogP contribution < -0.4 is 32.7 Å². The number of aromatic amines is 1. The molecule has 5 amide bonds. The Balaban J connectivity index is 2.67. The Kier molecular flexibility index (Phi) is 12.7. The van der Waals surface area contributed by atoms with Crippen molar-refractivity contribution in [2.45, 2.75) is 50.2 Å². The van der Waals surface area contributed by atoms with Crippen LogP contribution in [0.1, 0.15) is 31.4 Å². The molecule has 11 N–H and O–H groups in total. The third kappa shape index (κ3) is 12.6. The lowest BCUT2D eigenvalue weighted by Gasteiger charge is -2.19. The van der Waals surface area contributed by atoms with Crippen molar-refractivity contribution < 1.29 is 43.8 Å². The third-order valence-electron chi connectivity index (χ3n) is 4.80. The van der Waals surface area contributed by atoms with Gasteiger partial charge in [-0.1, -0.05) is 0 Å². The number of rotatable bonds is 17. The van der Waals surface area contributed by atoms with E-state index in [2.05, 4.69) is 31.2 Å². The molecule has 0 aliphatic rings. The molecule has 0 aliphatic carbocycles. The van der Waals surface area contributed by atoms with E-state index in [4.69, 9.17) is 21.7 Å². The second-order valence-corrected chi connectivity index (χ2v) is 7.84. The van der Waals surface area contributed by atoms with Crippen LogP contribution in [0.4, 0.5) is 0 Å². The Morgan fingerprint density at radius 1 is 0.892 bits per heavy atom. The lowest BCUT2D eigenvalue weighted by molar-refractivity contribution is -0.143. The molecule has 17 heteroatoms. The summed E-state index contributed by atoms with van der Waals surface area (Å²) in [6, 6.07) is -3.77. The van der Waals surface area contributed by atoms with E-state index in [-0.39, 0.29) is 25.7 Å². The summed E-state index contributed by atoms with van der Waals surface area (Å²) in [6.07, 6.45) is 1.69. The van der Waals surface area contributed by atoms with Crippen molar-refractivity contribution in [2.75, 3.05) is 13.1 Å². The van der Waals surface area contributed by atoms with E-state index < -0.39 is 79.1 Å². The van der Waals surface area contributed by atoms with Gasteiger partial charge in [0.1, 0.15) is 12.1 Å². The lowest BCUT2D eigenvalue weighted by atomic mass is 10.1. The van der Waals surface area contributed by atoms with E-state index in [9.17, 15) is 33.6 Å². The van der Waals surface area contributed by atoms with Gasteiger partial charge in [0.2, 0.25) is 29.5 Å². The van der Waals surface area contributed by atoms with Crippen LogP contribution in [0.3, 0.4) is 0 Å². The summed E-state index contributed by atoms with van der Waals surface area (Å²) in [5, 5.41) is 26.8. The van der Waals surface area contributed by atoms with E-state index in [1.165, 1.54) is 12.5 Å².